The molecule has 2 amide bonds. The number of fused-ring (bicyclic) bond motifs is 1. The molecule has 3 rings (SSSR count). The molecule has 0 fully saturated rings. The summed E-state index contributed by atoms with van der Waals surface area (Å²) in [6.45, 7) is 7.95. The molecule has 3 aromatic rings. The van der Waals surface area contributed by atoms with E-state index in [1.165, 1.54) is 0 Å². The lowest BCUT2D eigenvalue weighted by atomic mass is 10.1. The van der Waals surface area contributed by atoms with Crippen molar-refractivity contribution in [2.75, 3.05) is 12.4 Å². The summed E-state index contributed by atoms with van der Waals surface area (Å²) in [5, 5.41) is 3.99. The van der Waals surface area contributed by atoms with Gasteiger partial charge in [-0.2, -0.15) is 8.75 Å². The monoisotopic (exact) mass is 361 g/mol. The van der Waals surface area contributed by atoms with Gasteiger partial charge in [0.15, 0.2) is 0 Å². The molecular formula is C16H19N5OS2. The molecule has 0 spiro atoms. The molecule has 126 valence electrons. The minimum Gasteiger partial charge on any atom is -0.319 e. The summed E-state index contributed by atoms with van der Waals surface area (Å²) in [6.07, 6.45) is 0. The maximum absolute atomic E-state index is 12.7. The van der Waals surface area contributed by atoms with Gasteiger partial charge in [0, 0.05) is 11.9 Å². The van der Waals surface area contributed by atoms with Gasteiger partial charge in [-0.05, 0) is 39.3 Å². The Morgan fingerprint density at radius 1 is 1.25 bits per heavy atom. The molecule has 0 unspecified atom stereocenters. The van der Waals surface area contributed by atoms with Crippen LogP contribution in [0.15, 0.2) is 12.1 Å². The third-order valence-corrected chi connectivity index (χ3v) is 5.55. The molecule has 1 aromatic carbocycles. The van der Waals surface area contributed by atoms with Crippen molar-refractivity contribution in [2.45, 2.75) is 33.7 Å². The summed E-state index contributed by atoms with van der Waals surface area (Å²) in [6, 6.07) is 3.56. The van der Waals surface area contributed by atoms with Gasteiger partial charge in [0.25, 0.3) is 0 Å². The SMILES string of the molecule is Cc1nc([C@H](C)N(C)C(=O)Nc2c(C)ccc3nsnc23)c(C)s1. The van der Waals surface area contributed by atoms with Crippen molar-refractivity contribution in [1.29, 1.82) is 0 Å². The molecule has 0 radical (unpaired) electrons. The van der Waals surface area contributed by atoms with Gasteiger partial charge < -0.3 is 10.2 Å². The van der Waals surface area contributed by atoms with E-state index in [4.69, 9.17) is 0 Å². The number of urea groups is 1. The summed E-state index contributed by atoms with van der Waals surface area (Å²) < 4.78 is 8.53. The van der Waals surface area contributed by atoms with Crippen molar-refractivity contribution in [3.8, 4) is 0 Å². The number of anilines is 1. The second-order valence-electron chi connectivity index (χ2n) is 5.78. The number of benzene rings is 1. The van der Waals surface area contributed by atoms with Gasteiger partial charge in [0.05, 0.1) is 34.2 Å². The van der Waals surface area contributed by atoms with Crippen molar-refractivity contribution in [1.82, 2.24) is 18.6 Å². The van der Waals surface area contributed by atoms with E-state index in [2.05, 4.69) is 19.0 Å². The van der Waals surface area contributed by atoms with Crippen LogP contribution < -0.4 is 5.32 Å². The summed E-state index contributed by atoms with van der Waals surface area (Å²) in [5.74, 6) is 0. The number of carbonyl (C=O) groups is 1. The smallest absolute Gasteiger partial charge is 0.319 e. The van der Waals surface area contributed by atoms with Crippen molar-refractivity contribution < 1.29 is 4.79 Å². The fourth-order valence-corrected chi connectivity index (χ4v) is 4.05. The molecule has 2 aromatic heterocycles. The van der Waals surface area contributed by atoms with Crippen LogP contribution in [0.5, 0.6) is 0 Å². The molecule has 0 aliphatic heterocycles. The van der Waals surface area contributed by atoms with Crippen LogP contribution in [-0.2, 0) is 0 Å². The molecule has 1 N–H and O–H groups in total. The fraction of sp³-hybridized carbons (Fsp3) is 0.375. The minimum absolute atomic E-state index is 0.108. The number of thiazole rings is 1. The third-order valence-electron chi connectivity index (χ3n) is 4.10. The third kappa shape index (κ3) is 2.99. The molecule has 24 heavy (non-hydrogen) atoms. The Labute approximate surface area is 148 Å². The van der Waals surface area contributed by atoms with Gasteiger partial charge in [-0.3, -0.25) is 0 Å². The average molecular weight is 361 g/mol. The number of rotatable bonds is 3. The van der Waals surface area contributed by atoms with E-state index in [-0.39, 0.29) is 12.1 Å². The van der Waals surface area contributed by atoms with Gasteiger partial charge >= 0.3 is 6.03 Å². The molecule has 0 aliphatic carbocycles. The highest BCUT2D eigenvalue weighted by atomic mass is 32.1. The lowest BCUT2D eigenvalue weighted by molar-refractivity contribution is 0.207. The van der Waals surface area contributed by atoms with E-state index in [0.29, 0.717) is 0 Å². The number of carbonyl (C=O) groups excluding carboxylic acids is 1. The fourth-order valence-electron chi connectivity index (χ4n) is 2.60. The number of nitrogens with zero attached hydrogens (tertiary/aromatic N) is 4. The lowest BCUT2D eigenvalue weighted by Crippen LogP contribution is -2.34. The summed E-state index contributed by atoms with van der Waals surface area (Å²) in [5.41, 5.74) is 4.15. The van der Waals surface area contributed by atoms with Crippen LogP contribution >= 0.6 is 23.1 Å². The summed E-state index contributed by atoms with van der Waals surface area (Å²) in [7, 11) is 1.78. The first-order chi connectivity index (χ1) is 11.4. The first kappa shape index (κ1) is 16.8. The highest BCUT2D eigenvalue weighted by molar-refractivity contribution is 7.11. The Morgan fingerprint density at radius 2 is 2.00 bits per heavy atom. The summed E-state index contributed by atoms with van der Waals surface area (Å²) >= 11 is 2.80. The average Bonchev–Trinajstić information content (AvgIpc) is 3.14. The second-order valence-corrected chi connectivity index (χ2v) is 7.72. The van der Waals surface area contributed by atoms with Crippen LogP contribution in [0.4, 0.5) is 10.5 Å². The van der Waals surface area contributed by atoms with Gasteiger partial charge in [-0.1, -0.05) is 6.07 Å². The molecule has 0 saturated heterocycles. The largest absolute Gasteiger partial charge is 0.322 e. The number of hydrogen-bond donors (Lipinski definition) is 1. The Balaban J connectivity index is 1.84. The van der Waals surface area contributed by atoms with Crippen LogP contribution in [0, 0.1) is 20.8 Å². The van der Waals surface area contributed by atoms with Crippen LogP contribution in [0.25, 0.3) is 11.0 Å². The zero-order valence-electron chi connectivity index (χ0n) is 14.2. The maximum Gasteiger partial charge on any atom is 0.322 e. The molecular weight excluding hydrogens is 342 g/mol. The van der Waals surface area contributed by atoms with Crippen LogP contribution in [0.2, 0.25) is 0 Å². The van der Waals surface area contributed by atoms with Crippen molar-refractivity contribution in [3.05, 3.63) is 33.3 Å². The molecule has 8 heteroatoms. The Hall–Kier alpha value is -2.06. The molecule has 0 saturated carbocycles. The van der Waals surface area contributed by atoms with Gasteiger partial charge in [0.2, 0.25) is 0 Å². The molecule has 0 aliphatic rings. The Morgan fingerprint density at radius 3 is 2.67 bits per heavy atom. The Bertz CT molecular complexity index is 901. The molecule has 1 atom stereocenters. The predicted molar refractivity (Wildman–Crippen MR) is 98.9 cm³/mol. The highest BCUT2D eigenvalue weighted by Gasteiger charge is 2.23. The topological polar surface area (TPSA) is 71.0 Å². The number of nitrogens with one attached hydrogen (secondary N) is 1. The molecule has 0 bridgehead atoms. The van der Waals surface area contributed by atoms with E-state index < -0.39 is 0 Å². The van der Waals surface area contributed by atoms with Gasteiger partial charge in [-0.25, -0.2) is 9.78 Å². The lowest BCUT2D eigenvalue weighted by Gasteiger charge is -2.25. The first-order valence-corrected chi connectivity index (χ1v) is 9.12. The number of aryl methyl sites for hydroxylation is 3. The number of aromatic nitrogens is 3. The maximum atomic E-state index is 12.7. The zero-order valence-corrected chi connectivity index (χ0v) is 15.9. The number of amides is 2. The second kappa shape index (κ2) is 6.45. The van der Waals surface area contributed by atoms with Gasteiger partial charge in [0.1, 0.15) is 11.0 Å². The van der Waals surface area contributed by atoms with E-state index in [9.17, 15) is 4.79 Å². The Kier molecular flexibility index (Phi) is 4.51. The highest BCUT2D eigenvalue weighted by Crippen LogP contribution is 2.29. The van der Waals surface area contributed by atoms with E-state index in [0.717, 1.165) is 49.6 Å². The number of hydrogen-bond acceptors (Lipinski definition) is 6. The normalized spacial score (nSPS) is 12.4. The van der Waals surface area contributed by atoms with E-state index in [1.54, 1.807) is 23.3 Å². The zero-order chi connectivity index (χ0) is 17.4. The quantitative estimate of drug-likeness (QED) is 0.755. The molecule has 6 nitrogen and oxygen atoms in total. The van der Waals surface area contributed by atoms with Crippen molar-refractivity contribution in [3.63, 3.8) is 0 Å². The standard InChI is InChI=1S/C16H19N5OS2/c1-8-6-7-12-15(20-24-19-12)13(8)18-16(22)21(5)9(2)14-10(3)23-11(4)17-14/h6-7,9H,1-5H3,(H,18,22)/t9-/m0/s1. The van der Waals surface area contributed by atoms with Crippen LogP contribution in [-0.4, -0.2) is 31.7 Å². The molecule has 2 heterocycles. The van der Waals surface area contributed by atoms with Crippen molar-refractivity contribution in [2.24, 2.45) is 0 Å². The van der Waals surface area contributed by atoms with Crippen molar-refractivity contribution >= 4 is 45.8 Å². The first-order valence-electron chi connectivity index (χ1n) is 7.58. The minimum atomic E-state index is -0.184. The van der Waals surface area contributed by atoms with Crippen LogP contribution in [0.3, 0.4) is 0 Å². The van der Waals surface area contributed by atoms with E-state index in [1.807, 2.05) is 39.8 Å². The van der Waals surface area contributed by atoms with Gasteiger partial charge in [-0.15, -0.1) is 11.3 Å². The van der Waals surface area contributed by atoms with Crippen LogP contribution in [0.1, 0.15) is 34.1 Å². The summed E-state index contributed by atoms with van der Waals surface area (Å²) in [4.78, 5) is 20.1. The predicted octanol–water partition coefficient (Wildman–Crippen LogP) is 4.30. The van der Waals surface area contributed by atoms with E-state index >= 15 is 0 Å².